The fourth-order valence-corrected chi connectivity index (χ4v) is 7.30. The first-order valence-corrected chi connectivity index (χ1v) is 16.4. The van der Waals surface area contributed by atoms with Crippen LogP contribution in [0.3, 0.4) is 0 Å². The number of carbonyl (C=O) groups is 1. The van der Waals surface area contributed by atoms with E-state index in [0.717, 1.165) is 35.0 Å². The molecule has 0 unspecified atom stereocenters. The van der Waals surface area contributed by atoms with E-state index in [1.54, 1.807) is 6.07 Å². The lowest BCUT2D eigenvalue weighted by Gasteiger charge is -2.25. The molecule has 3 aromatic carbocycles. The van der Waals surface area contributed by atoms with E-state index < -0.39 is 10.0 Å². The molecule has 2 heterocycles. The smallest absolute Gasteiger partial charge is 0.251 e. The molecular weight excluding hydrogens is 634 g/mol. The molecule has 0 aliphatic carbocycles. The number of hydrogen-bond donors (Lipinski definition) is 1. The van der Waals surface area contributed by atoms with Crippen LogP contribution in [0, 0.1) is 0 Å². The van der Waals surface area contributed by atoms with Crippen LogP contribution in [0.2, 0.25) is 5.02 Å². The molecule has 208 valence electrons. The molecule has 1 amide bonds. The highest BCUT2D eigenvalue weighted by atomic mass is 79.9. The normalized spacial score (nSPS) is 14.2. The third kappa shape index (κ3) is 6.77. The first-order valence-electron chi connectivity index (χ1n) is 12.8. The molecular formula is C28H27BrClN5O3S2. The lowest BCUT2D eigenvalue weighted by atomic mass is 10.2. The molecule has 0 saturated carbocycles. The van der Waals surface area contributed by atoms with Gasteiger partial charge in [0, 0.05) is 33.9 Å². The Balaban J connectivity index is 1.31. The van der Waals surface area contributed by atoms with Gasteiger partial charge in [-0.3, -0.25) is 9.36 Å². The zero-order valence-electron chi connectivity index (χ0n) is 21.5. The molecule has 1 aromatic heterocycles. The summed E-state index contributed by atoms with van der Waals surface area (Å²) in [7, 11) is -3.56. The van der Waals surface area contributed by atoms with Crippen molar-refractivity contribution in [3.05, 3.63) is 99.2 Å². The zero-order valence-corrected chi connectivity index (χ0v) is 25.4. The number of halogens is 2. The van der Waals surface area contributed by atoms with Gasteiger partial charge < -0.3 is 5.32 Å². The average molecular weight is 661 g/mol. The monoisotopic (exact) mass is 659 g/mol. The van der Waals surface area contributed by atoms with E-state index in [4.69, 9.17) is 11.6 Å². The lowest BCUT2D eigenvalue weighted by Crippen LogP contribution is -2.35. The molecule has 1 aliphatic rings. The first-order chi connectivity index (χ1) is 19.3. The van der Waals surface area contributed by atoms with Gasteiger partial charge in [-0.25, -0.2) is 8.42 Å². The topological polar surface area (TPSA) is 97.2 Å². The van der Waals surface area contributed by atoms with Crippen molar-refractivity contribution < 1.29 is 13.2 Å². The quantitative estimate of drug-likeness (QED) is 0.219. The number of aromatic nitrogens is 3. The second-order valence-corrected chi connectivity index (χ2v) is 13.5. The number of hydrogen-bond acceptors (Lipinski definition) is 6. The molecule has 0 spiro atoms. The maximum Gasteiger partial charge on any atom is 0.251 e. The maximum absolute atomic E-state index is 13.0. The van der Waals surface area contributed by atoms with Crippen LogP contribution in [-0.2, 0) is 22.3 Å². The third-order valence-corrected chi connectivity index (χ3v) is 10.2. The maximum atomic E-state index is 13.0. The van der Waals surface area contributed by atoms with Gasteiger partial charge in [0.05, 0.1) is 17.1 Å². The first kappa shape index (κ1) is 28.8. The Hall–Kier alpha value is -2.70. The van der Waals surface area contributed by atoms with Gasteiger partial charge in [-0.2, -0.15) is 4.31 Å². The van der Waals surface area contributed by atoms with E-state index in [1.807, 2.05) is 47.0 Å². The number of carbonyl (C=O) groups excluding carboxylic acids is 1. The Kier molecular flexibility index (Phi) is 9.27. The molecule has 4 aromatic rings. The molecule has 0 bridgehead atoms. The SMILES string of the molecule is O=C(NCc1nnc(SCc2ccc(Br)cc2)n1-c1cccc(Cl)c1)c1ccc(S(=O)(=O)N2CCCCC2)cc1. The van der Waals surface area contributed by atoms with Crippen LogP contribution in [-0.4, -0.2) is 46.5 Å². The van der Waals surface area contributed by atoms with Crippen LogP contribution >= 0.6 is 39.3 Å². The molecule has 1 aliphatic heterocycles. The highest BCUT2D eigenvalue weighted by molar-refractivity contribution is 9.10. The van der Waals surface area contributed by atoms with Crippen molar-refractivity contribution in [1.82, 2.24) is 24.4 Å². The van der Waals surface area contributed by atoms with Crippen molar-refractivity contribution in [2.75, 3.05) is 13.1 Å². The molecule has 0 atom stereocenters. The van der Waals surface area contributed by atoms with Gasteiger partial charge in [0.1, 0.15) is 0 Å². The minimum Gasteiger partial charge on any atom is -0.345 e. The summed E-state index contributed by atoms with van der Waals surface area (Å²) in [6.07, 6.45) is 2.77. The zero-order chi connectivity index (χ0) is 28.1. The molecule has 1 N–H and O–H groups in total. The summed E-state index contributed by atoms with van der Waals surface area (Å²) in [5.41, 5.74) is 2.28. The van der Waals surface area contributed by atoms with Crippen molar-refractivity contribution in [2.24, 2.45) is 0 Å². The minimum atomic E-state index is -3.56. The fourth-order valence-electron chi connectivity index (χ4n) is 4.41. The van der Waals surface area contributed by atoms with Crippen molar-refractivity contribution >= 4 is 55.2 Å². The van der Waals surface area contributed by atoms with E-state index in [9.17, 15) is 13.2 Å². The number of piperidine rings is 1. The molecule has 0 radical (unpaired) electrons. The van der Waals surface area contributed by atoms with E-state index in [1.165, 1.54) is 40.3 Å². The van der Waals surface area contributed by atoms with E-state index in [-0.39, 0.29) is 17.3 Å². The van der Waals surface area contributed by atoms with Crippen LogP contribution in [0.1, 0.15) is 41.0 Å². The van der Waals surface area contributed by atoms with Gasteiger partial charge in [-0.1, -0.05) is 63.9 Å². The standard InChI is InChI=1S/C28H27BrClN5O3S2/c29-22-11-7-20(8-12-22)19-39-28-33-32-26(35(28)24-6-4-5-23(30)17-24)18-31-27(36)21-9-13-25(14-10-21)40(37,38)34-15-2-1-3-16-34/h4-14,17H,1-3,15-16,18-19H2,(H,31,36). The summed E-state index contributed by atoms with van der Waals surface area (Å²) >= 11 is 11.3. The summed E-state index contributed by atoms with van der Waals surface area (Å²) in [4.78, 5) is 13.2. The number of benzene rings is 3. The highest BCUT2D eigenvalue weighted by Gasteiger charge is 2.26. The Morgan fingerprint density at radius 2 is 1.70 bits per heavy atom. The van der Waals surface area contributed by atoms with Crippen molar-refractivity contribution in [3.63, 3.8) is 0 Å². The Morgan fingerprint density at radius 3 is 2.40 bits per heavy atom. The number of nitrogens with one attached hydrogen (secondary N) is 1. The summed E-state index contributed by atoms with van der Waals surface area (Å²) in [5.74, 6) is 0.884. The third-order valence-electron chi connectivity index (χ3n) is 6.52. The van der Waals surface area contributed by atoms with Crippen molar-refractivity contribution in [2.45, 2.75) is 41.6 Å². The second kappa shape index (κ2) is 12.9. The Bertz CT molecular complexity index is 1590. The largest absolute Gasteiger partial charge is 0.345 e. The van der Waals surface area contributed by atoms with Gasteiger partial charge in [0.15, 0.2) is 11.0 Å². The summed E-state index contributed by atoms with van der Waals surface area (Å²) in [5, 5.41) is 12.9. The van der Waals surface area contributed by atoms with Crippen LogP contribution < -0.4 is 5.32 Å². The number of nitrogens with zero attached hydrogens (tertiary/aromatic N) is 4. The van der Waals surface area contributed by atoms with Crippen LogP contribution in [0.4, 0.5) is 0 Å². The summed E-state index contributed by atoms with van der Waals surface area (Å²) in [6, 6.07) is 21.5. The van der Waals surface area contributed by atoms with Gasteiger partial charge in [-0.05, 0) is 73.0 Å². The van der Waals surface area contributed by atoms with Crippen molar-refractivity contribution in [3.8, 4) is 5.69 Å². The molecule has 1 saturated heterocycles. The number of amides is 1. The fraction of sp³-hybridized carbons (Fsp3) is 0.250. The van der Waals surface area contributed by atoms with Crippen LogP contribution in [0.15, 0.2) is 87.3 Å². The van der Waals surface area contributed by atoms with Gasteiger partial charge in [-0.15, -0.1) is 10.2 Å². The number of sulfonamides is 1. The Labute approximate surface area is 251 Å². The predicted molar refractivity (Wildman–Crippen MR) is 160 cm³/mol. The Morgan fingerprint density at radius 1 is 0.975 bits per heavy atom. The second-order valence-electron chi connectivity index (χ2n) is 9.30. The number of rotatable bonds is 9. The van der Waals surface area contributed by atoms with E-state index >= 15 is 0 Å². The predicted octanol–water partition coefficient (Wildman–Crippen LogP) is 6.08. The molecule has 12 heteroatoms. The lowest BCUT2D eigenvalue weighted by molar-refractivity contribution is 0.0949. The molecule has 5 rings (SSSR count). The van der Waals surface area contributed by atoms with Crippen molar-refractivity contribution in [1.29, 1.82) is 0 Å². The summed E-state index contributed by atoms with van der Waals surface area (Å²) < 4.78 is 30.3. The number of thioether (sulfide) groups is 1. The molecule has 1 fully saturated rings. The molecule has 8 nitrogen and oxygen atoms in total. The van der Waals surface area contributed by atoms with Gasteiger partial charge in [0.25, 0.3) is 5.91 Å². The van der Waals surface area contributed by atoms with E-state index in [0.29, 0.717) is 40.4 Å². The summed E-state index contributed by atoms with van der Waals surface area (Å²) in [6.45, 7) is 1.17. The van der Waals surface area contributed by atoms with Gasteiger partial charge in [0.2, 0.25) is 10.0 Å². The van der Waals surface area contributed by atoms with E-state index in [2.05, 4.69) is 31.4 Å². The average Bonchev–Trinajstić information content (AvgIpc) is 3.39. The van der Waals surface area contributed by atoms with Crippen LogP contribution in [0.5, 0.6) is 0 Å². The van der Waals surface area contributed by atoms with Gasteiger partial charge >= 0.3 is 0 Å². The molecule has 40 heavy (non-hydrogen) atoms. The highest BCUT2D eigenvalue weighted by Crippen LogP contribution is 2.27. The minimum absolute atomic E-state index is 0.116. The van der Waals surface area contributed by atoms with Crippen LogP contribution in [0.25, 0.3) is 5.69 Å².